The van der Waals surface area contributed by atoms with Gasteiger partial charge in [-0.05, 0) is 50.0 Å². The number of hydrogen-bond acceptors (Lipinski definition) is 4. The highest BCUT2D eigenvalue weighted by atomic mass is 32.2. The molecule has 0 radical (unpaired) electrons. The summed E-state index contributed by atoms with van der Waals surface area (Å²) >= 11 is 3.90. The van der Waals surface area contributed by atoms with Crippen molar-refractivity contribution in [3.05, 3.63) is 16.8 Å². The van der Waals surface area contributed by atoms with Crippen molar-refractivity contribution in [3.8, 4) is 0 Å². The first-order chi connectivity index (χ1) is 10.4. The topological polar surface area (TPSA) is 25.8 Å². The summed E-state index contributed by atoms with van der Waals surface area (Å²) in [4.78, 5) is 12.0. The van der Waals surface area contributed by atoms with E-state index in [0.717, 1.165) is 5.92 Å². The van der Waals surface area contributed by atoms with Crippen LogP contribution >= 0.6 is 23.1 Å². The second-order valence-corrected chi connectivity index (χ2v) is 8.48. The lowest BCUT2D eigenvalue weighted by molar-refractivity contribution is 0.391. The van der Waals surface area contributed by atoms with Gasteiger partial charge in [0.2, 0.25) is 0 Å². The highest BCUT2D eigenvalue weighted by Gasteiger charge is 2.21. The largest absolute Gasteiger partial charge is 0.229 e. The van der Waals surface area contributed by atoms with Crippen molar-refractivity contribution in [1.82, 2.24) is 9.97 Å². The fourth-order valence-electron chi connectivity index (χ4n) is 3.72. The molecule has 2 aliphatic carbocycles. The molecule has 0 unspecified atom stereocenters. The number of fused-ring (bicyclic) bond motifs is 3. The van der Waals surface area contributed by atoms with Crippen LogP contribution in [-0.2, 0) is 12.8 Å². The molecule has 1 saturated carbocycles. The van der Waals surface area contributed by atoms with Gasteiger partial charge in [0.15, 0.2) is 0 Å². The van der Waals surface area contributed by atoms with Gasteiger partial charge in [0, 0.05) is 16.0 Å². The Kier molecular flexibility index (Phi) is 4.17. The van der Waals surface area contributed by atoms with Gasteiger partial charge >= 0.3 is 0 Å². The molecular formula is C17H22N2S2. The minimum absolute atomic E-state index is 0.906. The molecule has 0 aliphatic heterocycles. The Morgan fingerprint density at radius 3 is 2.81 bits per heavy atom. The van der Waals surface area contributed by atoms with Crippen LogP contribution in [0.3, 0.4) is 0 Å². The summed E-state index contributed by atoms with van der Waals surface area (Å²) in [5.41, 5.74) is 1.58. The van der Waals surface area contributed by atoms with Crippen LogP contribution in [0.4, 0.5) is 0 Å². The Morgan fingerprint density at radius 2 is 1.90 bits per heavy atom. The Bertz CT molecular complexity index is 629. The second kappa shape index (κ2) is 6.25. The lowest BCUT2D eigenvalue weighted by Gasteiger charge is -2.21. The smallest absolute Gasteiger partial charge is 0.128 e. The molecule has 4 rings (SSSR count). The zero-order valence-electron chi connectivity index (χ0n) is 12.4. The zero-order chi connectivity index (χ0) is 14.1. The molecule has 0 atom stereocenters. The van der Waals surface area contributed by atoms with Gasteiger partial charge in [0.1, 0.15) is 16.2 Å². The number of nitrogens with zero attached hydrogens (tertiary/aromatic N) is 2. The SMILES string of the molecule is c1nc(SCC2CCCCC2)c2c3c(sc2n1)CCCC3. The Morgan fingerprint density at radius 1 is 1.05 bits per heavy atom. The summed E-state index contributed by atoms with van der Waals surface area (Å²) in [6, 6.07) is 0. The molecule has 2 aliphatic rings. The molecule has 0 spiro atoms. The lowest BCUT2D eigenvalue weighted by Crippen LogP contribution is -2.08. The van der Waals surface area contributed by atoms with Gasteiger partial charge in [-0.25, -0.2) is 9.97 Å². The number of thiophene rings is 1. The predicted octanol–water partition coefficient (Wildman–Crippen LogP) is 5.24. The van der Waals surface area contributed by atoms with Crippen LogP contribution < -0.4 is 0 Å². The van der Waals surface area contributed by atoms with Gasteiger partial charge in [0.05, 0.1) is 0 Å². The first kappa shape index (κ1) is 14.0. The number of rotatable bonds is 3. The van der Waals surface area contributed by atoms with Gasteiger partial charge in [-0.15, -0.1) is 23.1 Å². The number of aryl methyl sites for hydroxylation is 2. The van der Waals surface area contributed by atoms with Crippen LogP contribution in [0.2, 0.25) is 0 Å². The maximum Gasteiger partial charge on any atom is 0.128 e. The van der Waals surface area contributed by atoms with Crippen molar-refractivity contribution in [2.45, 2.75) is 62.8 Å². The van der Waals surface area contributed by atoms with E-state index in [1.165, 1.54) is 78.8 Å². The highest BCUT2D eigenvalue weighted by molar-refractivity contribution is 7.99. The lowest BCUT2D eigenvalue weighted by atomic mass is 9.91. The molecule has 0 bridgehead atoms. The molecule has 2 aromatic rings. The van der Waals surface area contributed by atoms with Crippen molar-refractivity contribution in [2.24, 2.45) is 5.92 Å². The summed E-state index contributed by atoms with van der Waals surface area (Å²) in [6.07, 6.45) is 14.1. The van der Waals surface area contributed by atoms with Crippen LogP contribution in [0.15, 0.2) is 11.4 Å². The maximum atomic E-state index is 4.63. The summed E-state index contributed by atoms with van der Waals surface area (Å²) in [7, 11) is 0. The fraction of sp³-hybridized carbons (Fsp3) is 0.647. The van der Waals surface area contributed by atoms with E-state index in [1.54, 1.807) is 16.8 Å². The average molecular weight is 319 g/mol. The predicted molar refractivity (Wildman–Crippen MR) is 91.4 cm³/mol. The highest BCUT2D eigenvalue weighted by Crippen LogP contribution is 2.40. The molecule has 0 aromatic carbocycles. The van der Waals surface area contributed by atoms with Crippen molar-refractivity contribution in [3.63, 3.8) is 0 Å². The van der Waals surface area contributed by atoms with E-state index in [1.807, 2.05) is 23.1 Å². The van der Waals surface area contributed by atoms with Crippen LogP contribution in [0.1, 0.15) is 55.4 Å². The standard InChI is InChI=1S/C17H22N2S2/c1-2-6-12(7-3-1)10-20-16-15-13-8-4-5-9-14(13)21-17(15)19-11-18-16/h11-12H,1-10H2. The van der Waals surface area contributed by atoms with Gasteiger partial charge in [0.25, 0.3) is 0 Å². The first-order valence-electron chi connectivity index (χ1n) is 8.30. The Hall–Kier alpha value is -0.610. The molecule has 112 valence electrons. The fourth-order valence-corrected chi connectivity index (χ4v) is 6.23. The number of aromatic nitrogens is 2. The minimum Gasteiger partial charge on any atom is -0.229 e. The molecule has 2 nitrogen and oxygen atoms in total. The van der Waals surface area contributed by atoms with Crippen molar-refractivity contribution in [1.29, 1.82) is 0 Å². The van der Waals surface area contributed by atoms with Crippen molar-refractivity contribution < 1.29 is 0 Å². The van der Waals surface area contributed by atoms with E-state index in [9.17, 15) is 0 Å². The monoisotopic (exact) mass is 318 g/mol. The van der Waals surface area contributed by atoms with E-state index in [4.69, 9.17) is 0 Å². The van der Waals surface area contributed by atoms with Crippen LogP contribution in [-0.4, -0.2) is 15.7 Å². The zero-order valence-corrected chi connectivity index (χ0v) is 14.1. The van der Waals surface area contributed by atoms with Gasteiger partial charge in [-0.2, -0.15) is 0 Å². The van der Waals surface area contributed by atoms with Crippen LogP contribution in [0, 0.1) is 5.92 Å². The van der Waals surface area contributed by atoms with Crippen molar-refractivity contribution >= 4 is 33.3 Å². The molecule has 2 heterocycles. The van der Waals surface area contributed by atoms with Gasteiger partial charge in [-0.1, -0.05) is 19.3 Å². The van der Waals surface area contributed by atoms with E-state index in [0.29, 0.717) is 0 Å². The third kappa shape index (κ3) is 2.85. The number of thioether (sulfide) groups is 1. The number of hydrogen-bond donors (Lipinski definition) is 0. The van der Waals surface area contributed by atoms with Gasteiger partial charge < -0.3 is 0 Å². The molecule has 4 heteroatoms. The quantitative estimate of drug-likeness (QED) is 0.571. The van der Waals surface area contributed by atoms with Crippen LogP contribution in [0.25, 0.3) is 10.2 Å². The summed E-state index contributed by atoms with van der Waals surface area (Å²) in [6.45, 7) is 0. The summed E-state index contributed by atoms with van der Waals surface area (Å²) < 4.78 is 0. The van der Waals surface area contributed by atoms with Crippen molar-refractivity contribution in [2.75, 3.05) is 5.75 Å². The molecule has 2 aromatic heterocycles. The molecule has 0 N–H and O–H groups in total. The van der Waals surface area contributed by atoms with E-state index >= 15 is 0 Å². The average Bonchev–Trinajstić information content (AvgIpc) is 2.93. The summed E-state index contributed by atoms with van der Waals surface area (Å²) in [5, 5.41) is 2.66. The third-order valence-corrected chi connectivity index (χ3v) is 7.32. The second-order valence-electron chi connectivity index (χ2n) is 6.38. The van der Waals surface area contributed by atoms with Gasteiger partial charge in [-0.3, -0.25) is 0 Å². The third-order valence-electron chi connectivity index (χ3n) is 4.90. The molecule has 0 saturated heterocycles. The first-order valence-corrected chi connectivity index (χ1v) is 10.1. The molecule has 21 heavy (non-hydrogen) atoms. The van der Waals surface area contributed by atoms with E-state index < -0.39 is 0 Å². The Balaban J connectivity index is 1.60. The van der Waals surface area contributed by atoms with E-state index in [2.05, 4.69) is 9.97 Å². The Labute approximate surface area is 134 Å². The molecule has 0 amide bonds. The summed E-state index contributed by atoms with van der Waals surface area (Å²) in [5.74, 6) is 2.15. The van der Waals surface area contributed by atoms with Crippen LogP contribution in [0.5, 0.6) is 0 Å². The molecular weight excluding hydrogens is 296 g/mol. The van der Waals surface area contributed by atoms with E-state index in [-0.39, 0.29) is 0 Å². The normalized spacial score (nSPS) is 19.8. The minimum atomic E-state index is 0.906. The maximum absolute atomic E-state index is 4.63. The molecule has 1 fully saturated rings.